The van der Waals surface area contributed by atoms with Gasteiger partial charge < -0.3 is 9.30 Å². The van der Waals surface area contributed by atoms with Crippen molar-refractivity contribution in [3.05, 3.63) is 192 Å². The average molecular weight is 747 g/mol. The van der Waals surface area contributed by atoms with Gasteiger partial charge in [-0.1, -0.05) is 124 Å². The highest BCUT2D eigenvalue weighted by Crippen LogP contribution is 2.42. The molecule has 0 fully saturated rings. The van der Waals surface area contributed by atoms with Crippen molar-refractivity contribution in [1.29, 1.82) is 0 Å². The lowest BCUT2D eigenvalue weighted by Crippen LogP contribution is -2.38. The van der Waals surface area contributed by atoms with Gasteiger partial charge in [-0.3, -0.25) is 9.36 Å². The number of benzene rings is 5. The van der Waals surface area contributed by atoms with Crippen molar-refractivity contribution in [1.82, 2.24) is 9.13 Å². The zero-order valence-corrected chi connectivity index (χ0v) is 30.2. The van der Waals surface area contributed by atoms with E-state index >= 15 is 0 Å². The lowest BCUT2D eigenvalue weighted by molar-refractivity contribution is 0.413. The van der Waals surface area contributed by atoms with Gasteiger partial charge in [-0.05, 0) is 89.2 Å². The smallest absolute Gasteiger partial charge is 0.271 e. The summed E-state index contributed by atoms with van der Waals surface area (Å²) in [4.78, 5) is 20.8. The van der Waals surface area contributed by atoms with Crippen molar-refractivity contribution in [2.24, 2.45) is 4.99 Å². The van der Waals surface area contributed by atoms with Crippen LogP contribution in [0.15, 0.2) is 159 Å². The minimum atomic E-state index is -0.289. The molecule has 9 rings (SSSR count). The van der Waals surface area contributed by atoms with Crippen molar-refractivity contribution in [3.63, 3.8) is 0 Å². The van der Waals surface area contributed by atoms with Crippen LogP contribution in [0.5, 0.6) is 5.75 Å². The number of nitrogens with zero attached hydrogens (tertiary/aromatic N) is 3. The molecule has 2 aromatic heterocycles. The molecule has 248 valence electrons. The van der Waals surface area contributed by atoms with Gasteiger partial charge in [0.25, 0.3) is 5.56 Å². The number of halogens is 1. The Balaban J connectivity index is 1.32. The number of thiazole rings is 1. The summed E-state index contributed by atoms with van der Waals surface area (Å²) in [7, 11) is 1.68. The predicted octanol–water partition coefficient (Wildman–Crippen LogP) is 9.21. The Morgan fingerprint density at radius 3 is 2.29 bits per heavy atom. The number of allylic oxidation sites excluding steroid dienone is 1. The zero-order chi connectivity index (χ0) is 34.5. The van der Waals surface area contributed by atoms with Crippen molar-refractivity contribution < 1.29 is 4.74 Å². The molecule has 0 N–H and O–H groups in total. The van der Waals surface area contributed by atoms with Gasteiger partial charge in [0.1, 0.15) is 5.75 Å². The van der Waals surface area contributed by atoms with Gasteiger partial charge in [0.05, 0.1) is 34.8 Å². The number of ether oxygens (including phenoxy) is 1. The number of hydrogen-bond donors (Lipinski definition) is 0. The summed E-state index contributed by atoms with van der Waals surface area (Å²) in [6.07, 6.45) is 3.80. The molecule has 7 heteroatoms. The topological polar surface area (TPSA) is 48.5 Å². The lowest BCUT2D eigenvalue weighted by Gasteiger charge is -2.31. The number of methoxy groups -OCH3 is 1. The van der Waals surface area contributed by atoms with Gasteiger partial charge in [-0.25, -0.2) is 4.99 Å². The maximum absolute atomic E-state index is 14.8. The molecule has 51 heavy (non-hydrogen) atoms. The summed E-state index contributed by atoms with van der Waals surface area (Å²) in [5, 5.41) is 0. The van der Waals surface area contributed by atoms with Gasteiger partial charge in [0.15, 0.2) is 4.80 Å². The summed E-state index contributed by atoms with van der Waals surface area (Å²) in [5.41, 5.74) is 11.7. The van der Waals surface area contributed by atoms with Crippen molar-refractivity contribution >= 4 is 39.0 Å². The normalized spacial score (nSPS) is 15.2. The van der Waals surface area contributed by atoms with E-state index < -0.39 is 0 Å². The van der Waals surface area contributed by atoms with E-state index in [1.165, 1.54) is 22.5 Å². The van der Waals surface area contributed by atoms with Crippen LogP contribution in [0.2, 0.25) is 0 Å². The molecule has 1 aliphatic heterocycles. The standard InChI is InChI=1S/C44H32BrN3O2S/c1-50-35-17-10-16-31(25-35)42-37-24-19-28-11-8-9-18-36(28)40(37)46-44-48(42)43(49)39(51-44)27-32-26-38(29-12-4-2-5-13-29)47(34-22-20-33(45)21-23-34)41(32)30-14-6-3-7-15-30/h2-18,20-23,25-27,42H,19,24H2,1H3/b39-27+/t42-/m0/s1. The van der Waals surface area contributed by atoms with Gasteiger partial charge in [0.2, 0.25) is 0 Å². The molecule has 1 atom stereocenters. The second-order valence-electron chi connectivity index (χ2n) is 12.8. The average Bonchev–Trinajstić information content (AvgIpc) is 3.71. The Morgan fingerprint density at radius 1 is 0.804 bits per heavy atom. The van der Waals surface area contributed by atoms with Crippen LogP contribution < -0.4 is 19.6 Å². The third kappa shape index (κ3) is 5.54. The van der Waals surface area contributed by atoms with Gasteiger partial charge in [-0.15, -0.1) is 0 Å². The molecular weight excluding hydrogens is 714 g/mol. The maximum atomic E-state index is 14.8. The third-order valence-electron chi connectivity index (χ3n) is 9.80. The van der Waals surface area contributed by atoms with Gasteiger partial charge in [0, 0.05) is 21.3 Å². The molecular formula is C44H32BrN3O2S. The van der Waals surface area contributed by atoms with Crippen molar-refractivity contribution in [3.8, 4) is 34.0 Å². The first-order valence-corrected chi connectivity index (χ1v) is 18.6. The Bertz CT molecular complexity index is 2650. The van der Waals surface area contributed by atoms with Crippen molar-refractivity contribution in [2.75, 3.05) is 7.11 Å². The molecule has 0 radical (unpaired) electrons. The highest BCUT2D eigenvalue weighted by Gasteiger charge is 2.33. The van der Waals surface area contributed by atoms with Crippen LogP contribution in [0.4, 0.5) is 0 Å². The van der Waals surface area contributed by atoms with Crippen LogP contribution in [0, 0.1) is 0 Å². The Labute approximate surface area is 307 Å². The number of hydrogen-bond acceptors (Lipinski definition) is 4. The molecule has 0 saturated heterocycles. The minimum absolute atomic E-state index is 0.0476. The fraction of sp³-hybridized carbons (Fsp3) is 0.0909. The second kappa shape index (κ2) is 13.0. The maximum Gasteiger partial charge on any atom is 0.271 e. The third-order valence-corrected chi connectivity index (χ3v) is 11.3. The molecule has 0 bridgehead atoms. The molecule has 2 aliphatic rings. The summed E-state index contributed by atoms with van der Waals surface area (Å²) in [6, 6.07) is 47.7. The van der Waals surface area contributed by atoms with Crippen LogP contribution in [-0.4, -0.2) is 16.2 Å². The fourth-order valence-electron chi connectivity index (χ4n) is 7.49. The first-order chi connectivity index (χ1) is 25.1. The van der Waals surface area contributed by atoms with E-state index in [1.54, 1.807) is 7.11 Å². The largest absolute Gasteiger partial charge is 0.497 e. The number of rotatable bonds is 6. The van der Waals surface area contributed by atoms with Crippen LogP contribution in [-0.2, 0) is 6.42 Å². The quantitative estimate of drug-likeness (QED) is 0.171. The summed E-state index contributed by atoms with van der Waals surface area (Å²) < 4.78 is 11.5. The minimum Gasteiger partial charge on any atom is -0.497 e. The first kappa shape index (κ1) is 31.5. The van der Waals surface area contributed by atoms with Crippen LogP contribution in [0.25, 0.3) is 40.0 Å². The highest BCUT2D eigenvalue weighted by atomic mass is 79.9. The first-order valence-electron chi connectivity index (χ1n) is 17.0. The molecule has 5 aromatic carbocycles. The highest BCUT2D eigenvalue weighted by molar-refractivity contribution is 9.10. The Morgan fingerprint density at radius 2 is 1.53 bits per heavy atom. The summed E-state index contributed by atoms with van der Waals surface area (Å²) in [5.74, 6) is 0.764. The van der Waals surface area contributed by atoms with Crippen LogP contribution in [0.1, 0.15) is 34.7 Å². The Hall–Kier alpha value is -5.50. The van der Waals surface area contributed by atoms with E-state index in [0.717, 1.165) is 73.7 Å². The predicted molar refractivity (Wildman–Crippen MR) is 210 cm³/mol. The zero-order valence-electron chi connectivity index (χ0n) is 27.8. The molecule has 5 nitrogen and oxygen atoms in total. The lowest BCUT2D eigenvalue weighted by atomic mass is 9.83. The SMILES string of the molecule is COc1cccc([C@H]2C3=C(N=c4s/c(=C/c5cc(-c6ccccc6)n(-c6ccc(Br)cc6)c5-c5ccccc5)c(=O)n42)c2ccccc2CC3)c1. The molecule has 0 spiro atoms. The van der Waals surface area contributed by atoms with Crippen molar-refractivity contribution in [2.45, 2.75) is 18.9 Å². The van der Waals surface area contributed by atoms with E-state index in [-0.39, 0.29) is 11.6 Å². The van der Waals surface area contributed by atoms with Gasteiger partial charge in [-0.2, -0.15) is 0 Å². The fourth-order valence-corrected chi connectivity index (χ4v) is 8.74. The number of aryl methyl sites for hydroxylation is 1. The van der Waals surface area contributed by atoms with E-state index in [2.05, 4.69) is 142 Å². The number of aromatic nitrogens is 2. The van der Waals surface area contributed by atoms with E-state index in [1.807, 2.05) is 28.8 Å². The Kier molecular flexibility index (Phi) is 8.02. The molecule has 3 heterocycles. The van der Waals surface area contributed by atoms with E-state index in [0.29, 0.717) is 9.33 Å². The molecule has 7 aromatic rings. The second-order valence-corrected chi connectivity index (χ2v) is 14.7. The summed E-state index contributed by atoms with van der Waals surface area (Å²) in [6.45, 7) is 0. The molecule has 1 aliphatic carbocycles. The van der Waals surface area contributed by atoms with E-state index in [4.69, 9.17) is 9.73 Å². The van der Waals surface area contributed by atoms with Crippen LogP contribution >= 0.6 is 27.3 Å². The molecule has 0 saturated carbocycles. The number of fused-ring (bicyclic) bond motifs is 3. The molecule has 0 unspecified atom stereocenters. The van der Waals surface area contributed by atoms with Crippen LogP contribution in [0.3, 0.4) is 0 Å². The monoisotopic (exact) mass is 745 g/mol. The van der Waals surface area contributed by atoms with E-state index in [9.17, 15) is 4.79 Å². The van der Waals surface area contributed by atoms with Gasteiger partial charge >= 0.3 is 0 Å². The summed E-state index contributed by atoms with van der Waals surface area (Å²) >= 11 is 5.08. The molecule has 0 amide bonds.